The smallest absolute Gasteiger partial charge is 0.656 e. The second-order valence-corrected chi connectivity index (χ2v) is 25.0. The number of benzene rings is 2. The fraction of sp³-hybridized carbons (Fsp3) is 0.471. The molecule has 0 aliphatic carbocycles. The van der Waals surface area contributed by atoms with Crippen molar-refractivity contribution < 1.29 is 57.4 Å². The van der Waals surface area contributed by atoms with Crippen molar-refractivity contribution in [3.8, 4) is 57.6 Å². The fourth-order valence-corrected chi connectivity index (χ4v) is 14.5. The van der Waals surface area contributed by atoms with Crippen LogP contribution < -0.4 is 19.4 Å². The summed E-state index contributed by atoms with van der Waals surface area (Å²) in [7, 11) is 1.19. The number of fused-ring (bicyclic) bond motifs is 8. The fourth-order valence-electron chi connectivity index (χ4n) is 10.2. The molecule has 5 heterocycles. The standard InChI is InChI=1S/C68H86N4O8Si.Zn/c1-7-11-14-17-47-81(48-18-15-12-8-2,49-19-16-13-9-3)50-34-58-61-28-32-65(71-61)67(53-22-20-24-55(51-53)79-45-43-77-41-39-75-37-35-73-5)63-30-26-59(69-63)57(10-4)60-27-31-64(70-60)68(66-33-29-62(58)72-66)54-23-21-25-56(52-54)80-46-44-78-42-40-76-38-36-74-6;/h4,20-33,51-52H,7-9,11-19,35-49H2,1-3,5-6H3;/q-2;+2. The molecule has 3 aromatic heterocycles. The average molecular weight is 1180 g/mol. The Morgan fingerprint density at radius 2 is 0.841 bits per heavy atom. The minimum absolute atomic E-state index is 0. The van der Waals surface area contributed by atoms with Crippen molar-refractivity contribution in [1.82, 2.24) is 19.9 Å². The first-order chi connectivity index (χ1) is 39.9. The molecule has 2 aliphatic heterocycles. The molecule has 12 nitrogen and oxygen atoms in total. The van der Waals surface area contributed by atoms with Crippen LogP contribution in [0.3, 0.4) is 0 Å². The first-order valence-electron chi connectivity index (χ1n) is 29.7. The first-order valence-corrected chi connectivity index (χ1v) is 32.4. The third-order valence-electron chi connectivity index (χ3n) is 14.6. The zero-order chi connectivity index (χ0) is 56.7. The summed E-state index contributed by atoms with van der Waals surface area (Å²) in [6, 6.07) is 28.0. The van der Waals surface area contributed by atoms with E-state index < -0.39 is 8.07 Å². The van der Waals surface area contributed by atoms with Gasteiger partial charge in [-0.15, -0.1) is 34.0 Å². The zero-order valence-corrected chi connectivity index (χ0v) is 53.6. The second kappa shape index (κ2) is 36.8. The number of nitrogens with zero attached hydrogens (tertiary/aromatic N) is 4. The Labute approximate surface area is 502 Å². The maximum absolute atomic E-state index is 6.39. The van der Waals surface area contributed by atoms with E-state index in [1.807, 2.05) is 60.7 Å². The van der Waals surface area contributed by atoms with Crippen LogP contribution in [0.4, 0.5) is 0 Å². The van der Waals surface area contributed by atoms with Gasteiger partial charge >= 0.3 is 19.5 Å². The van der Waals surface area contributed by atoms with Crippen LogP contribution in [-0.2, 0) is 47.9 Å². The molecule has 0 amide bonds. The number of aromatic nitrogens is 4. The number of methoxy groups -OCH3 is 2. The Bertz CT molecular complexity index is 2980. The first kappa shape index (κ1) is 65.5. The van der Waals surface area contributed by atoms with Gasteiger partial charge in [-0.3, -0.25) is 0 Å². The molecule has 2 aromatic carbocycles. The van der Waals surface area contributed by atoms with Crippen LogP contribution in [0, 0.1) is 23.8 Å². The average Bonchev–Trinajstić information content (AvgIpc) is 4.41. The molecular formula is C68H86N4O8SiZn. The topological polar surface area (TPSA) is 128 Å². The number of rotatable bonds is 37. The van der Waals surface area contributed by atoms with Crippen LogP contribution in [-0.4, -0.2) is 112 Å². The molecule has 82 heavy (non-hydrogen) atoms. The molecule has 2 aliphatic rings. The number of ether oxygens (including phenoxy) is 8. The maximum Gasteiger partial charge on any atom is 2.00 e. The molecule has 0 N–H and O–H groups in total. The molecule has 0 atom stereocenters. The van der Waals surface area contributed by atoms with Crippen molar-refractivity contribution >= 4 is 54.4 Å². The zero-order valence-electron chi connectivity index (χ0n) is 49.7. The van der Waals surface area contributed by atoms with Gasteiger partial charge in [0.05, 0.1) is 88.8 Å². The van der Waals surface area contributed by atoms with Crippen LogP contribution in [0.5, 0.6) is 11.5 Å². The van der Waals surface area contributed by atoms with Gasteiger partial charge in [0, 0.05) is 25.3 Å². The SMILES string of the molecule is C#Cc1c2nc(c(-c3cccc(OCCOCCOCCOC)c3)c3ccc([n-]3)c(C#C[Si](CCCCCC)(CCCCCC)CCCCCC)c3nc(c(-c4cccc(OCCOCCOCCOC)c4)c4ccc1[n-]4)C=C3)C=C2.[Zn+2]. The molecule has 5 aromatic rings. The Morgan fingerprint density at radius 1 is 0.451 bits per heavy atom. The number of terminal acetylenes is 1. The molecule has 0 unspecified atom stereocenters. The van der Waals surface area contributed by atoms with Gasteiger partial charge in [0.2, 0.25) is 0 Å². The summed E-state index contributed by atoms with van der Waals surface area (Å²) in [5.74, 6) is 8.31. The van der Waals surface area contributed by atoms with Crippen LogP contribution in [0.1, 0.15) is 132 Å². The quantitative estimate of drug-likeness (QED) is 0.0209. The molecule has 0 saturated heterocycles. The van der Waals surface area contributed by atoms with Crippen LogP contribution in [0.25, 0.3) is 68.6 Å². The Morgan fingerprint density at radius 3 is 1.27 bits per heavy atom. The van der Waals surface area contributed by atoms with E-state index in [1.54, 1.807) is 14.2 Å². The van der Waals surface area contributed by atoms with Crippen molar-refractivity contribution in [3.63, 3.8) is 0 Å². The molecule has 8 bridgehead atoms. The minimum atomic E-state index is -2.13. The van der Waals surface area contributed by atoms with Crippen molar-refractivity contribution in [2.75, 3.05) is 93.5 Å². The Hall–Kier alpha value is -5.64. The summed E-state index contributed by atoms with van der Waals surface area (Å²) in [4.78, 5) is 21.6. The summed E-state index contributed by atoms with van der Waals surface area (Å²) in [5.41, 5.74) is 14.8. The molecular weight excluding hydrogens is 1090 g/mol. The predicted molar refractivity (Wildman–Crippen MR) is 333 cm³/mol. The van der Waals surface area contributed by atoms with E-state index in [9.17, 15) is 0 Å². The van der Waals surface area contributed by atoms with Crippen molar-refractivity contribution in [2.24, 2.45) is 0 Å². The van der Waals surface area contributed by atoms with E-state index in [1.165, 1.54) is 95.2 Å². The van der Waals surface area contributed by atoms with E-state index in [-0.39, 0.29) is 19.5 Å². The van der Waals surface area contributed by atoms with Crippen molar-refractivity contribution in [3.05, 3.63) is 107 Å². The monoisotopic (exact) mass is 1180 g/mol. The maximum atomic E-state index is 6.39. The molecule has 0 saturated carbocycles. The van der Waals surface area contributed by atoms with Gasteiger partial charge < -0.3 is 47.9 Å². The second-order valence-electron chi connectivity index (χ2n) is 20.7. The number of unbranched alkanes of at least 4 members (excludes halogenated alkanes) is 9. The Kier molecular flexibility index (Phi) is 29.4. The molecule has 0 radical (unpaired) electrons. The van der Waals surface area contributed by atoms with E-state index >= 15 is 0 Å². The molecule has 7 rings (SSSR count). The molecule has 432 valence electrons. The van der Waals surface area contributed by atoms with E-state index in [0.717, 1.165) is 61.4 Å². The molecule has 0 spiro atoms. The number of hydrogen-bond acceptors (Lipinski definition) is 10. The normalized spacial score (nSPS) is 11.8. The summed E-state index contributed by atoms with van der Waals surface area (Å²) in [6.07, 6.45) is 29.4. The van der Waals surface area contributed by atoms with Gasteiger partial charge in [-0.05, 0) is 89.0 Å². The van der Waals surface area contributed by atoms with Gasteiger partial charge in [0.1, 0.15) is 32.8 Å². The van der Waals surface area contributed by atoms with Gasteiger partial charge in [-0.2, -0.15) is 0 Å². The number of hydrogen-bond donors (Lipinski definition) is 0. The van der Waals surface area contributed by atoms with Crippen molar-refractivity contribution in [1.29, 1.82) is 0 Å². The van der Waals surface area contributed by atoms with E-state index in [0.29, 0.717) is 108 Å². The minimum Gasteiger partial charge on any atom is -0.656 e. The van der Waals surface area contributed by atoms with Gasteiger partial charge in [0.25, 0.3) is 0 Å². The van der Waals surface area contributed by atoms with E-state index in [2.05, 4.69) is 74.6 Å². The third kappa shape index (κ3) is 20.0. The largest absolute Gasteiger partial charge is 2.00 e. The summed E-state index contributed by atoms with van der Waals surface area (Å²) >= 11 is 0. The van der Waals surface area contributed by atoms with Gasteiger partial charge in [-0.25, -0.2) is 9.97 Å². The predicted octanol–water partition coefficient (Wildman–Crippen LogP) is 14.4. The van der Waals surface area contributed by atoms with E-state index in [4.69, 9.17) is 64.3 Å². The summed E-state index contributed by atoms with van der Waals surface area (Å²) in [5, 5.41) is 0. The molecule has 14 heteroatoms. The van der Waals surface area contributed by atoms with Crippen LogP contribution in [0.15, 0.2) is 72.8 Å². The van der Waals surface area contributed by atoms with Gasteiger partial charge in [0.15, 0.2) is 0 Å². The van der Waals surface area contributed by atoms with Crippen molar-refractivity contribution in [2.45, 2.75) is 116 Å². The summed E-state index contributed by atoms with van der Waals surface area (Å²) in [6.45, 7) is 12.6. The van der Waals surface area contributed by atoms with Crippen LogP contribution in [0.2, 0.25) is 18.1 Å². The summed E-state index contributed by atoms with van der Waals surface area (Å²) < 4.78 is 45.4. The molecule has 0 fully saturated rings. The van der Waals surface area contributed by atoms with Gasteiger partial charge in [-0.1, -0.05) is 158 Å². The van der Waals surface area contributed by atoms with Crippen LogP contribution >= 0.6 is 0 Å². The third-order valence-corrected chi connectivity index (χ3v) is 19.2. The Balaban J connectivity index is 0.0000108.